The number of hydrogen-bond acceptors (Lipinski definition) is 4. The quantitative estimate of drug-likeness (QED) is 0.794. The van der Waals surface area contributed by atoms with Crippen LogP contribution in [0.25, 0.3) is 0 Å². The average Bonchev–Trinajstić information content (AvgIpc) is 1.99. The maximum Gasteiger partial charge on any atom is 0.322 e. The highest BCUT2D eigenvalue weighted by molar-refractivity contribution is 6.31. The lowest BCUT2D eigenvalue weighted by Gasteiger charge is -2.02. The summed E-state index contributed by atoms with van der Waals surface area (Å²) in [6, 6.07) is -0.315. The van der Waals surface area contributed by atoms with Crippen LogP contribution in [0.15, 0.2) is 0 Å². The van der Waals surface area contributed by atoms with Gasteiger partial charge in [0.2, 0.25) is 10.6 Å². The van der Waals surface area contributed by atoms with Crippen LogP contribution in [0.2, 0.25) is 10.6 Å². The summed E-state index contributed by atoms with van der Waals surface area (Å²) in [6.07, 6.45) is -2.60. The summed E-state index contributed by atoms with van der Waals surface area (Å²) in [5.41, 5.74) is 0. The third-order valence-electron chi connectivity index (χ3n) is 0.899. The smallest absolute Gasteiger partial charge is 0.322 e. The van der Waals surface area contributed by atoms with Crippen molar-refractivity contribution in [3.63, 3.8) is 0 Å². The van der Waals surface area contributed by atoms with E-state index in [9.17, 15) is 8.78 Å². The summed E-state index contributed by atoms with van der Waals surface area (Å²) in [6.45, 7) is -0.809. The number of alkyl halides is 2. The van der Waals surface area contributed by atoms with Crippen molar-refractivity contribution in [1.82, 2.24) is 15.0 Å². The van der Waals surface area contributed by atoms with Gasteiger partial charge in [-0.15, -0.1) is 0 Å². The molecule has 0 aliphatic heterocycles. The zero-order valence-electron chi connectivity index (χ0n) is 6.05. The predicted octanol–water partition coefficient (Wildman–Crippen LogP) is 1.82. The summed E-state index contributed by atoms with van der Waals surface area (Å²) in [5, 5.41) is -0.409. The second kappa shape index (κ2) is 4.48. The van der Waals surface area contributed by atoms with Crippen LogP contribution in [0, 0.1) is 0 Å². The first-order valence-electron chi connectivity index (χ1n) is 3.06. The van der Waals surface area contributed by atoms with Gasteiger partial charge in [-0.3, -0.25) is 0 Å². The van der Waals surface area contributed by atoms with Gasteiger partial charge < -0.3 is 4.74 Å². The molecule has 0 unspecified atom stereocenters. The molecule has 1 heterocycles. The summed E-state index contributed by atoms with van der Waals surface area (Å²) in [5.74, 6) is 0. The number of nitrogens with zero attached hydrogens (tertiary/aromatic N) is 3. The summed E-state index contributed by atoms with van der Waals surface area (Å²) in [7, 11) is 0. The van der Waals surface area contributed by atoms with Crippen molar-refractivity contribution in [2.45, 2.75) is 6.43 Å². The first kappa shape index (κ1) is 10.3. The van der Waals surface area contributed by atoms with E-state index in [2.05, 4.69) is 19.7 Å². The highest BCUT2D eigenvalue weighted by atomic mass is 35.5. The summed E-state index contributed by atoms with van der Waals surface area (Å²) in [4.78, 5) is 10.2. The lowest BCUT2D eigenvalue weighted by molar-refractivity contribution is 0.0769. The Hall–Kier alpha value is -0.750. The SMILES string of the molecule is FC(F)COc1nc(Cl)nc(Cl)n1. The molecule has 0 atom stereocenters. The largest absolute Gasteiger partial charge is 0.457 e. The molecule has 0 aromatic carbocycles. The molecule has 1 aromatic rings. The van der Waals surface area contributed by atoms with Gasteiger partial charge in [-0.25, -0.2) is 8.78 Å². The van der Waals surface area contributed by atoms with Gasteiger partial charge in [-0.05, 0) is 23.2 Å². The second-order valence-corrected chi connectivity index (χ2v) is 2.53. The van der Waals surface area contributed by atoms with E-state index in [1.165, 1.54) is 0 Å². The standard InChI is InChI=1S/C5H3Cl2F2N3O/c6-3-10-4(7)12-5(11-3)13-1-2(8)9/h2H,1H2. The Morgan fingerprint density at radius 1 is 1.15 bits per heavy atom. The Labute approximate surface area is 81.9 Å². The monoisotopic (exact) mass is 229 g/mol. The first-order valence-corrected chi connectivity index (χ1v) is 3.81. The van der Waals surface area contributed by atoms with Gasteiger partial charge in [-0.2, -0.15) is 15.0 Å². The zero-order chi connectivity index (χ0) is 9.84. The van der Waals surface area contributed by atoms with Crippen molar-refractivity contribution in [2.75, 3.05) is 6.61 Å². The van der Waals surface area contributed by atoms with Crippen LogP contribution >= 0.6 is 23.2 Å². The molecule has 13 heavy (non-hydrogen) atoms. The van der Waals surface area contributed by atoms with E-state index in [4.69, 9.17) is 23.2 Å². The van der Waals surface area contributed by atoms with Crippen LogP contribution in [0.1, 0.15) is 0 Å². The Balaban J connectivity index is 2.66. The number of aromatic nitrogens is 3. The van der Waals surface area contributed by atoms with Gasteiger partial charge in [0, 0.05) is 0 Å². The van der Waals surface area contributed by atoms with Crippen LogP contribution in [0.4, 0.5) is 8.78 Å². The van der Waals surface area contributed by atoms with E-state index in [0.717, 1.165) is 0 Å². The van der Waals surface area contributed by atoms with Gasteiger partial charge in [-0.1, -0.05) is 0 Å². The molecule has 0 N–H and O–H groups in total. The van der Waals surface area contributed by atoms with Crippen LogP contribution in [-0.2, 0) is 0 Å². The van der Waals surface area contributed by atoms with Crippen molar-refractivity contribution in [3.05, 3.63) is 10.6 Å². The molecule has 72 valence electrons. The van der Waals surface area contributed by atoms with E-state index in [1.54, 1.807) is 0 Å². The Morgan fingerprint density at radius 3 is 2.15 bits per heavy atom. The minimum Gasteiger partial charge on any atom is -0.457 e. The zero-order valence-corrected chi connectivity index (χ0v) is 7.56. The minimum atomic E-state index is -2.60. The fraction of sp³-hybridized carbons (Fsp3) is 0.400. The van der Waals surface area contributed by atoms with E-state index < -0.39 is 13.0 Å². The van der Waals surface area contributed by atoms with Crippen molar-refractivity contribution < 1.29 is 13.5 Å². The molecule has 0 amide bonds. The van der Waals surface area contributed by atoms with Gasteiger partial charge in [0.1, 0.15) is 0 Å². The van der Waals surface area contributed by atoms with Crippen LogP contribution < -0.4 is 4.74 Å². The number of rotatable bonds is 3. The van der Waals surface area contributed by atoms with Crippen molar-refractivity contribution >= 4 is 23.2 Å². The maximum absolute atomic E-state index is 11.7. The summed E-state index contributed by atoms with van der Waals surface area (Å²) >= 11 is 10.7. The third-order valence-corrected chi connectivity index (χ3v) is 1.24. The third kappa shape index (κ3) is 3.65. The van der Waals surface area contributed by atoms with E-state index in [0.29, 0.717) is 0 Å². The highest BCUT2D eigenvalue weighted by Crippen LogP contribution is 2.11. The topological polar surface area (TPSA) is 47.9 Å². The molecule has 0 aliphatic carbocycles. The fourth-order valence-electron chi connectivity index (χ4n) is 0.511. The van der Waals surface area contributed by atoms with E-state index >= 15 is 0 Å². The second-order valence-electron chi connectivity index (χ2n) is 1.86. The highest BCUT2D eigenvalue weighted by Gasteiger charge is 2.07. The Kier molecular flexibility index (Phi) is 3.56. The van der Waals surface area contributed by atoms with Gasteiger partial charge >= 0.3 is 6.01 Å². The fourth-order valence-corrected chi connectivity index (χ4v) is 0.859. The van der Waals surface area contributed by atoms with Crippen molar-refractivity contribution in [3.8, 4) is 6.01 Å². The molecule has 0 saturated heterocycles. The minimum absolute atomic E-state index is 0.204. The average molecular weight is 230 g/mol. The van der Waals surface area contributed by atoms with Crippen LogP contribution in [0.5, 0.6) is 6.01 Å². The number of hydrogen-bond donors (Lipinski definition) is 0. The van der Waals surface area contributed by atoms with Crippen LogP contribution in [0.3, 0.4) is 0 Å². The van der Waals surface area contributed by atoms with Crippen molar-refractivity contribution in [2.24, 2.45) is 0 Å². The van der Waals surface area contributed by atoms with Crippen LogP contribution in [-0.4, -0.2) is 28.0 Å². The Morgan fingerprint density at radius 2 is 1.69 bits per heavy atom. The van der Waals surface area contributed by atoms with Gasteiger partial charge in [0.05, 0.1) is 0 Å². The van der Waals surface area contributed by atoms with Crippen molar-refractivity contribution in [1.29, 1.82) is 0 Å². The molecule has 0 spiro atoms. The molecule has 4 nitrogen and oxygen atoms in total. The molecule has 8 heteroatoms. The Bertz CT molecular complexity index is 279. The first-order chi connectivity index (χ1) is 6.08. The molecule has 0 radical (unpaired) electrons. The molecule has 0 bridgehead atoms. The van der Waals surface area contributed by atoms with Gasteiger partial charge in [0.15, 0.2) is 6.61 Å². The molecule has 0 aliphatic rings. The maximum atomic E-state index is 11.7. The molecule has 0 fully saturated rings. The lowest BCUT2D eigenvalue weighted by Crippen LogP contribution is -2.09. The molecule has 1 rings (SSSR count). The summed E-state index contributed by atoms with van der Waals surface area (Å²) < 4.78 is 27.8. The predicted molar refractivity (Wildman–Crippen MR) is 41.3 cm³/mol. The van der Waals surface area contributed by atoms with E-state index in [1.807, 2.05) is 0 Å². The molecular formula is C5H3Cl2F2N3O. The molecule has 1 aromatic heterocycles. The normalized spacial score (nSPS) is 10.5. The number of ether oxygens (including phenoxy) is 1. The molecule has 0 saturated carbocycles. The van der Waals surface area contributed by atoms with Gasteiger partial charge in [0.25, 0.3) is 6.43 Å². The van der Waals surface area contributed by atoms with E-state index in [-0.39, 0.29) is 16.6 Å². The molecular weight excluding hydrogens is 227 g/mol. The lowest BCUT2D eigenvalue weighted by atomic mass is 10.8. The number of halogens is 4.